The van der Waals surface area contributed by atoms with Crippen molar-refractivity contribution in [1.82, 2.24) is 14.8 Å². The molecule has 0 unspecified atom stereocenters. The normalized spacial score (nSPS) is 15.9. The number of nitrogens with zero attached hydrogens (tertiary/aromatic N) is 2. The Morgan fingerprint density at radius 3 is 2.76 bits per heavy atom. The molecule has 2 heterocycles. The Morgan fingerprint density at radius 2 is 2.12 bits per heavy atom. The minimum atomic E-state index is -0.196. The number of carbonyl (C=O) groups is 1. The molecule has 0 spiro atoms. The largest absolute Gasteiger partial charge is 0.336 e. The number of rotatable bonds is 2. The minimum Gasteiger partial charge on any atom is -0.336 e. The number of carbonyl (C=O) groups excluding carboxylic acids is 1. The van der Waals surface area contributed by atoms with E-state index in [0.717, 1.165) is 13.1 Å². The number of aromatic nitrogens is 1. The number of nitrogens with one attached hydrogen (secondary N) is 1. The van der Waals surface area contributed by atoms with Gasteiger partial charge in [0, 0.05) is 38.9 Å². The van der Waals surface area contributed by atoms with Gasteiger partial charge in [0.15, 0.2) is 0 Å². The minimum absolute atomic E-state index is 0.153. The average molecular weight is 235 g/mol. The highest BCUT2D eigenvalue weighted by Gasteiger charge is 2.20. The molecule has 1 aromatic heterocycles. The van der Waals surface area contributed by atoms with Gasteiger partial charge in [0.25, 0.3) is 11.5 Å². The van der Waals surface area contributed by atoms with E-state index < -0.39 is 0 Å². The first kappa shape index (κ1) is 11.9. The van der Waals surface area contributed by atoms with Gasteiger partial charge in [-0.1, -0.05) is 0 Å². The Bertz CT molecular complexity index is 461. The van der Waals surface area contributed by atoms with Crippen molar-refractivity contribution in [2.75, 3.05) is 26.2 Å². The van der Waals surface area contributed by atoms with Crippen LogP contribution in [-0.4, -0.2) is 41.6 Å². The molecule has 17 heavy (non-hydrogen) atoms. The molecule has 1 saturated heterocycles. The molecule has 1 aliphatic heterocycles. The fraction of sp³-hybridized carbons (Fsp3) is 0.500. The summed E-state index contributed by atoms with van der Waals surface area (Å²) in [7, 11) is 0. The topological polar surface area (TPSA) is 54.3 Å². The molecular weight excluding hydrogens is 218 g/mol. The van der Waals surface area contributed by atoms with Gasteiger partial charge in [-0.25, -0.2) is 0 Å². The van der Waals surface area contributed by atoms with Crippen LogP contribution in [0.15, 0.2) is 23.1 Å². The molecule has 0 atom stereocenters. The van der Waals surface area contributed by atoms with E-state index in [0.29, 0.717) is 19.6 Å². The Balaban J connectivity index is 2.27. The Morgan fingerprint density at radius 1 is 1.41 bits per heavy atom. The smallest absolute Gasteiger partial charge is 0.263 e. The van der Waals surface area contributed by atoms with E-state index in [2.05, 4.69) is 5.32 Å². The van der Waals surface area contributed by atoms with E-state index in [1.165, 1.54) is 0 Å². The van der Waals surface area contributed by atoms with E-state index in [1.54, 1.807) is 27.8 Å². The Kier molecular flexibility index (Phi) is 3.58. The van der Waals surface area contributed by atoms with Crippen molar-refractivity contribution >= 4 is 5.91 Å². The van der Waals surface area contributed by atoms with E-state index in [1.807, 2.05) is 6.92 Å². The molecule has 0 aromatic carbocycles. The van der Waals surface area contributed by atoms with Crippen molar-refractivity contribution in [2.45, 2.75) is 13.5 Å². The van der Waals surface area contributed by atoms with Crippen molar-refractivity contribution < 1.29 is 4.79 Å². The number of amides is 1. The lowest BCUT2D eigenvalue weighted by Gasteiger charge is -2.27. The predicted molar refractivity (Wildman–Crippen MR) is 65.1 cm³/mol. The molecule has 5 heteroatoms. The zero-order valence-electron chi connectivity index (χ0n) is 9.98. The molecule has 0 saturated carbocycles. The number of hydrogen-bond acceptors (Lipinski definition) is 3. The van der Waals surface area contributed by atoms with Crippen LogP contribution in [0, 0.1) is 0 Å². The summed E-state index contributed by atoms with van der Waals surface area (Å²) < 4.78 is 1.55. The van der Waals surface area contributed by atoms with Gasteiger partial charge in [-0.2, -0.15) is 0 Å². The number of piperazine rings is 1. The lowest BCUT2D eigenvalue weighted by atomic mass is 10.2. The maximum atomic E-state index is 12.2. The molecule has 1 amide bonds. The molecule has 2 rings (SSSR count). The van der Waals surface area contributed by atoms with Crippen LogP contribution in [0.3, 0.4) is 0 Å². The highest BCUT2D eigenvalue weighted by atomic mass is 16.2. The Hall–Kier alpha value is -1.62. The molecule has 1 aromatic rings. The molecule has 0 aliphatic carbocycles. The third-order valence-corrected chi connectivity index (χ3v) is 3.00. The van der Waals surface area contributed by atoms with Crippen LogP contribution < -0.4 is 10.9 Å². The Labute approximate surface area is 100 Å². The summed E-state index contributed by atoms with van der Waals surface area (Å²) in [5.74, 6) is -0.153. The maximum Gasteiger partial charge on any atom is 0.263 e. The third-order valence-electron chi connectivity index (χ3n) is 3.00. The van der Waals surface area contributed by atoms with Gasteiger partial charge in [-0.3, -0.25) is 9.59 Å². The highest BCUT2D eigenvalue weighted by molar-refractivity contribution is 5.93. The summed E-state index contributed by atoms with van der Waals surface area (Å²) in [5.41, 5.74) is 0.0785. The first-order chi connectivity index (χ1) is 8.24. The van der Waals surface area contributed by atoms with E-state index in [-0.39, 0.29) is 17.0 Å². The van der Waals surface area contributed by atoms with Crippen molar-refractivity contribution in [3.05, 3.63) is 34.2 Å². The second-order valence-electron chi connectivity index (χ2n) is 4.06. The predicted octanol–water partition coefficient (Wildman–Crippen LogP) is -0.0864. The zero-order valence-corrected chi connectivity index (χ0v) is 9.98. The standard InChI is InChI=1S/C12H17N3O2/c1-2-14-7-3-4-10(11(14)16)12(17)15-8-5-13-6-9-15/h3-4,7,13H,2,5-6,8-9H2,1H3. The van der Waals surface area contributed by atoms with Gasteiger partial charge in [-0.15, -0.1) is 0 Å². The molecular formula is C12H17N3O2. The van der Waals surface area contributed by atoms with E-state index in [9.17, 15) is 9.59 Å². The van der Waals surface area contributed by atoms with Crippen LogP contribution in [0.5, 0.6) is 0 Å². The van der Waals surface area contributed by atoms with Gasteiger partial charge in [-0.05, 0) is 19.1 Å². The van der Waals surface area contributed by atoms with Gasteiger partial charge in [0.2, 0.25) is 0 Å². The number of hydrogen-bond donors (Lipinski definition) is 1. The summed E-state index contributed by atoms with van der Waals surface area (Å²) in [6.45, 7) is 5.39. The summed E-state index contributed by atoms with van der Waals surface area (Å²) in [4.78, 5) is 25.9. The fourth-order valence-electron chi connectivity index (χ4n) is 1.99. The quantitative estimate of drug-likeness (QED) is 0.779. The number of pyridine rings is 1. The molecule has 5 nitrogen and oxygen atoms in total. The second-order valence-corrected chi connectivity index (χ2v) is 4.06. The van der Waals surface area contributed by atoms with Crippen LogP contribution in [0.25, 0.3) is 0 Å². The molecule has 1 fully saturated rings. The SMILES string of the molecule is CCn1cccc(C(=O)N2CCNCC2)c1=O. The fourth-order valence-corrected chi connectivity index (χ4v) is 1.99. The van der Waals surface area contributed by atoms with Crippen LogP contribution in [0.4, 0.5) is 0 Å². The summed E-state index contributed by atoms with van der Waals surface area (Å²) in [6, 6.07) is 3.36. The van der Waals surface area contributed by atoms with Gasteiger partial charge in [0.05, 0.1) is 0 Å². The van der Waals surface area contributed by atoms with Crippen LogP contribution in [0.2, 0.25) is 0 Å². The lowest BCUT2D eigenvalue weighted by molar-refractivity contribution is 0.0733. The van der Waals surface area contributed by atoms with Crippen molar-refractivity contribution in [2.24, 2.45) is 0 Å². The monoisotopic (exact) mass is 235 g/mol. The van der Waals surface area contributed by atoms with Crippen LogP contribution >= 0.6 is 0 Å². The van der Waals surface area contributed by atoms with Gasteiger partial charge < -0.3 is 14.8 Å². The first-order valence-corrected chi connectivity index (χ1v) is 5.93. The molecule has 92 valence electrons. The van der Waals surface area contributed by atoms with Crippen molar-refractivity contribution in [3.8, 4) is 0 Å². The average Bonchev–Trinajstić information content (AvgIpc) is 2.39. The molecule has 1 N–H and O–H groups in total. The van der Waals surface area contributed by atoms with Gasteiger partial charge in [0.1, 0.15) is 5.56 Å². The molecule has 0 bridgehead atoms. The summed E-state index contributed by atoms with van der Waals surface area (Å²) in [5, 5.41) is 3.18. The zero-order chi connectivity index (χ0) is 12.3. The molecule has 0 radical (unpaired) electrons. The first-order valence-electron chi connectivity index (χ1n) is 5.93. The van der Waals surface area contributed by atoms with Crippen molar-refractivity contribution in [3.63, 3.8) is 0 Å². The third kappa shape index (κ3) is 2.39. The maximum absolute atomic E-state index is 12.2. The highest BCUT2D eigenvalue weighted by Crippen LogP contribution is 2.01. The van der Waals surface area contributed by atoms with Gasteiger partial charge >= 0.3 is 0 Å². The summed E-state index contributed by atoms with van der Waals surface area (Å²) in [6.07, 6.45) is 1.71. The lowest BCUT2D eigenvalue weighted by Crippen LogP contribution is -2.47. The van der Waals surface area contributed by atoms with Crippen molar-refractivity contribution in [1.29, 1.82) is 0 Å². The summed E-state index contributed by atoms with van der Waals surface area (Å²) >= 11 is 0. The number of aryl methyl sites for hydroxylation is 1. The van der Waals surface area contributed by atoms with Crippen LogP contribution in [0.1, 0.15) is 17.3 Å². The van der Waals surface area contributed by atoms with Crippen LogP contribution in [-0.2, 0) is 6.54 Å². The van der Waals surface area contributed by atoms with E-state index in [4.69, 9.17) is 0 Å². The molecule has 1 aliphatic rings. The second kappa shape index (κ2) is 5.14. The van der Waals surface area contributed by atoms with E-state index >= 15 is 0 Å².